The van der Waals surface area contributed by atoms with Crippen LogP contribution in [-0.2, 0) is 14.4 Å². The summed E-state index contributed by atoms with van der Waals surface area (Å²) in [6.45, 7) is 0. The van der Waals surface area contributed by atoms with E-state index in [0.717, 1.165) is 0 Å². The Balaban J connectivity index is 3.01. The van der Waals surface area contributed by atoms with E-state index in [4.69, 9.17) is 10.2 Å². The average Bonchev–Trinajstić information content (AvgIpc) is 2.26. The second-order valence-corrected chi connectivity index (χ2v) is 3.23. The Hall–Kier alpha value is -2.17. The van der Waals surface area contributed by atoms with Gasteiger partial charge in [-0.05, 0) is 5.56 Å². The van der Waals surface area contributed by atoms with Crippen molar-refractivity contribution < 1.29 is 24.6 Å². The molecule has 0 amide bonds. The summed E-state index contributed by atoms with van der Waals surface area (Å²) in [6, 6.07) is 8.02. The fraction of sp³-hybridized carbons (Fsp3) is 0.182. The van der Waals surface area contributed by atoms with Crippen molar-refractivity contribution in [3.63, 3.8) is 0 Å². The number of aliphatic carboxylic acids is 2. The zero-order valence-electron chi connectivity index (χ0n) is 8.29. The lowest BCUT2D eigenvalue weighted by Crippen LogP contribution is -2.23. The monoisotopic (exact) mass is 222 g/mol. The minimum Gasteiger partial charge on any atom is -0.481 e. The minimum atomic E-state index is -1.62. The van der Waals surface area contributed by atoms with Crippen molar-refractivity contribution >= 4 is 17.7 Å². The normalized spacial score (nSPS) is 11.8. The Kier molecular flexibility index (Phi) is 3.77. The number of rotatable bonds is 5. The van der Waals surface area contributed by atoms with Crippen LogP contribution in [-0.4, -0.2) is 27.9 Å². The third kappa shape index (κ3) is 2.91. The molecule has 1 aromatic rings. The van der Waals surface area contributed by atoms with Gasteiger partial charge < -0.3 is 10.2 Å². The fourth-order valence-electron chi connectivity index (χ4n) is 1.37. The van der Waals surface area contributed by atoms with Gasteiger partial charge in [0.25, 0.3) is 0 Å². The Morgan fingerprint density at radius 1 is 1.06 bits per heavy atom. The van der Waals surface area contributed by atoms with Crippen LogP contribution in [0.25, 0.3) is 0 Å². The number of carboxylic acid groups (broad SMARTS) is 2. The smallest absolute Gasteiger partial charge is 0.372 e. The predicted molar refractivity (Wildman–Crippen MR) is 54.1 cm³/mol. The molecule has 0 fully saturated rings. The molecule has 1 aromatic carbocycles. The molecule has 0 bridgehead atoms. The Morgan fingerprint density at radius 2 is 1.62 bits per heavy atom. The van der Waals surface area contributed by atoms with Crippen molar-refractivity contribution in [1.82, 2.24) is 0 Å². The third-order valence-corrected chi connectivity index (χ3v) is 2.11. The van der Waals surface area contributed by atoms with Crippen molar-refractivity contribution in [3.8, 4) is 0 Å². The van der Waals surface area contributed by atoms with Crippen molar-refractivity contribution in [2.45, 2.75) is 12.3 Å². The van der Waals surface area contributed by atoms with Crippen molar-refractivity contribution in [1.29, 1.82) is 0 Å². The van der Waals surface area contributed by atoms with Gasteiger partial charge in [-0.3, -0.25) is 9.59 Å². The van der Waals surface area contributed by atoms with Crippen LogP contribution in [0, 0.1) is 0 Å². The minimum absolute atomic E-state index is 0.400. The molecule has 1 unspecified atom stereocenters. The molecular formula is C11H10O5. The molecule has 1 atom stereocenters. The number of carbonyl (C=O) groups is 3. The van der Waals surface area contributed by atoms with Gasteiger partial charge in [0, 0.05) is 0 Å². The molecule has 5 nitrogen and oxygen atoms in total. The second-order valence-electron chi connectivity index (χ2n) is 3.23. The summed E-state index contributed by atoms with van der Waals surface area (Å²) in [5.41, 5.74) is 0.400. The Bertz CT molecular complexity index is 410. The molecule has 0 aliphatic heterocycles. The first-order chi connectivity index (χ1) is 7.52. The lowest BCUT2D eigenvalue weighted by atomic mass is 9.91. The first-order valence-corrected chi connectivity index (χ1v) is 4.56. The summed E-state index contributed by atoms with van der Waals surface area (Å²) >= 11 is 0. The van der Waals surface area contributed by atoms with Crippen LogP contribution in [0.4, 0.5) is 0 Å². The van der Waals surface area contributed by atoms with Gasteiger partial charge in [0.15, 0.2) is 0 Å². The van der Waals surface area contributed by atoms with E-state index >= 15 is 0 Å². The molecule has 0 saturated heterocycles. The van der Waals surface area contributed by atoms with Crippen molar-refractivity contribution in [2.75, 3.05) is 0 Å². The van der Waals surface area contributed by atoms with Crippen LogP contribution < -0.4 is 0 Å². The summed E-state index contributed by atoms with van der Waals surface area (Å²) in [7, 11) is 0. The largest absolute Gasteiger partial charge is 0.481 e. The highest BCUT2D eigenvalue weighted by Gasteiger charge is 2.28. The van der Waals surface area contributed by atoms with E-state index in [-0.39, 0.29) is 0 Å². The van der Waals surface area contributed by atoms with Crippen molar-refractivity contribution in [2.24, 2.45) is 0 Å². The van der Waals surface area contributed by atoms with Gasteiger partial charge in [-0.1, -0.05) is 30.3 Å². The summed E-state index contributed by atoms with van der Waals surface area (Å²) in [5, 5.41) is 17.2. The van der Waals surface area contributed by atoms with E-state index < -0.39 is 30.1 Å². The molecule has 2 N–H and O–H groups in total. The molecule has 0 aliphatic carbocycles. The van der Waals surface area contributed by atoms with Crippen LogP contribution in [0.5, 0.6) is 0 Å². The molecule has 0 heterocycles. The first kappa shape index (κ1) is 11.9. The summed E-state index contributed by atoms with van der Waals surface area (Å²) in [6.07, 6.45) is -0.519. The molecule has 1 rings (SSSR count). The molecule has 0 aliphatic rings. The summed E-state index contributed by atoms with van der Waals surface area (Å²) in [5.74, 6) is -5.05. The standard InChI is InChI=1S/C11H10O5/c12-9(13)6-8(10(14)11(15)16)7-4-2-1-3-5-7/h1-5,8H,6H2,(H,12,13)(H,15,16). The highest BCUT2D eigenvalue weighted by Crippen LogP contribution is 2.20. The molecule has 84 valence electrons. The van der Waals surface area contributed by atoms with E-state index in [1.807, 2.05) is 0 Å². The van der Waals surface area contributed by atoms with Crippen LogP contribution in [0.3, 0.4) is 0 Å². The van der Waals surface area contributed by atoms with E-state index in [2.05, 4.69) is 0 Å². The second kappa shape index (κ2) is 5.06. The third-order valence-electron chi connectivity index (χ3n) is 2.11. The van der Waals surface area contributed by atoms with Crippen LogP contribution in [0.1, 0.15) is 17.9 Å². The topological polar surface area (TPSA) is 91.7 Å². The van der Waals surface area contributed by atoms with Gasteiger partial charge in [-0.2, -0.15) is 0 Å². The van der Waals surface area contributed by atoms with E-state index in [9.17, 15) is 14.4 Å². The Morgan fingerprint density at radius 3 is 2.06 bits per heavy atom. The molecule has 5 heteroatoms. The summed E-state index contributed by atoms with van der Waals surface area (Å²) < 4.78 is 0. The van der Waals surface area contributed by atoms with Crippen LogP contribution in [0.15, 0.2) is 30.3 Å². The number of hydrogen-bond donors (Lipinski definition) is 2. The lowest BCUT2D eigenvalue weighted by Gasteiger charge is -2.10. The molecular weight excluding hydrogens is 212 g/mol. The Labute approximate surface area is 91.3 Å². The van der Waals surface area contributed by atoms with E-state index in [0.29, 0.717) is 5.56 Å². The fourth-order valence-corrected chi connectivity index (χ4v) is 1.37. The number of benzene rings is 1. The summed E-state index contributed by atoms with van der Waals surface area (Å²) in [4.78, 5) is 32.4. The van der Waals surface area contributed by atoms with Gasteiger partial charge in [-0.25, -0.2) is 4.79 Å². The van der Waals surface area contributed by atoms with Gasteiger partial charge in [0.05, 0.1) is 12.3 Å². The molecule has 0 aromatic heterocycles. The number of hydrogen-bond acceptors (Lipinski definition) is 3. The van der Waals surface area contributed by atoms with Crippen LogP contribution in [0.2, 0.25) is 0 Å². The average molecular weight is 222 g/mol. The zero-order chi connectivity index (χ0) is 12.1. The van der Waals surface area contributed by atoms with Gasteiger partial charge in [-0.15, -0.1) is 0 Å². The van der Waals surface area contributed by atoms with Gasteiger partial charge >= 0.3 is 11.9 Å². The van der Waals surface area contributed by atoms with Gasteiger partial charge in [0.1, 0.15) is 0 Å². The first-order valence-electron chi connectivity index (χ1n) is 4.56. The van der Waals surface area contributed by atoms with E-state index in [1.54, 1.807) is 18.2 Å². The number of carbonyl (C=O) groups excluding carboxylic acids is 1. The number of carboxylic acids is 2. The molecule has 0 saturated carbocycles. The van der Waals surface area contributed by atoms with E-state index in [1.165, 1.54) is 12.1 Å². The predicted octanol–water partition coefficient (Wildman–Crippen LogP) is 0.899. The maximum atomic E-state index is 11.3. The van der Waals surface area contributed by atoms with Crippen LogP contribution >= 0.6 is 0 Å². The number of Topliss-reactive ketones (excluding diaryl/α,β-unsaturated/α-hetero) is 1. The maximum Gasteiger partial charge on any atom is 0.372 e. The highest BCUT2D eigenvalue weighted by atomic mass is 16.4. The quantitative estimate of drug-likeness (QED) is 0.722. The zero-order valence-corrected chi connectivity index (χ0v) is 8.29. The SMILES string of the molecule is O=C(O)CC(C(=O)C(=O)O)c1ccccc1. The number of ketones is 1. The molecule has 16 heavy (non-hydrogen) atoms. The van der Waals surface area contributed by atoms with Crippen molar-refractivity contribution in [3.05, 3.63) is 35.9 Å². The molecule has 0 radical (unpaired) electrons. The van der Waals surface area contributed by atoms with Gasteiger partial charge in [0.2, 0.25) is 5.78 Å². The highest BCUT2D eigenvalue weighted by molar-refractivity contribution is 6.35. The lowest BCUT2D eigenvalue weighted by molar-refractivity contribution is -0.150. The maximum absolute atomic E-state index is 11.3. The molecule has 0 spiro atoms.